The molecule has 0 radical (unpaired) electrons. The number of ether oxygens (including phenoxy) is 1. The highest BCUT2D eigenvalue weighted by molar-refractivity contribution is 5.68. The van der Waals surface area contributed by atoms with Crippen LogP contribution in [0, 0.1) is 0 Å². The molecule has 1 saturated heterocycles. The minimum Gasteiger partial charge on any atom is -0.497 e. The van der Waals surface area contributed by atoms with E-state index in [9.17, 15) is 0 Å². The number of hydrogen-bond donors (Lipinski definition) is 0. The van der Waals surface area contributed by atoms with Crippen LogP contribution in [0.4, 0.5) is 0 Å². The van der Waals surface area contributed by atoms with E-state index < -0.39 is 0 Å². The lowest BCUT2D eigenvalue weighted by molar-refractivity contribution is 0.145. The molecule has 1 fully saturated rings. The Labute approximate surface area is 173 Å². The molecule has 0 N–H and O–H groups in total. The van der Waals surface area contributed by atoms with Gasteiger partial charge in [0.2, 0.25) is 0 Å². The summed E-state index contributed by atoms with van der Waals surface area (Å²) in [7, 11) is 1.72. The fourth-order valence-electron chi connectivity index (χ4n) is 4.98. The minimum atomic E-state index is 0.459. The summed E-state index contributed by atoms with van der Waals surface area (Å²) in [5, 5.41) is 5.24. The van der Waals surface area contributed by atoms with Gasteiger partial charge in [0.05, 0.1) is 30.2 Å². The first kappa shape index (κ1) is 18.4. The lowest BCUT2D eigenvalue weighted by atomic mass is 9.88. The number of fused-ring (bicyclic) bond motifs is 1. The van der Waals surface area contributed by atoms with Gasteiger partial charge in [-0.05, 0) is 81.6 Å². The Morgan fingerprint density at radius 1 is 0.897 bits per heavy atom. The molecule has 1 unspecified atom stereocenters. The maximum atomic E-state index is 5.38. The van der Waals surface area contributed by atoms with Crippen molar-refractivity contribution in [1.82, 2.24) is 14.7 Å². The van der Waals surface area contributed by atoms with Crippen LogP contribution in [0.2, 0.25) is 0 Å². The van der Waals surface area contributed by atoms with E-state index >= 15 is 0 Å². The Morgan fingerprint density at radius 3 is 2.38 bits per heavy atom. The second kappa shape index (κ2) is 8.03. The van der Waals surface area contributed by atoms with Crippen molar-refractivity contribution in [2.75, 3.05) is 20.2 Å². The maximum absolute atomic E-state index is 5.38. The van der Waals surface area contributed by atoms with Crippen molar-refractivity contribution in [2.24, 2.45) is 0 Å². The molecule has 29 heavy (non-hydrogen) atoms. The Kier molecular flexibility index (Phi) is 5.11. The van der Waals surface area contributed by atoms with Crippen LogP contribution in [0.15, 0.2) is 54.6 Å². The Hall–Kier alpha value is -2.59. The number of benzene rings is 2. The minimum absolute atomic E-state index is 0.459. The molecule has 2 aromatic carbocycles. The van der Waals surface area contributed by atoms with E-state index in [0.29, 0.717) is 6.04 Å². The number of likely N-dealkylation sites (tertiary alicyclic amines) is 1. The maximum Gasteiger partial charge on any atom is 0.118 e. The normalized spacial score (nSPS) is 19.7. The standard InChI is InChI=1S/C25H29N3O/c1-29-21-15-13-19(14-16-21)25-22-11-8-12-23(27-17-6-3-7-18-27)24(22)26-28(25)20-9-4-2-5-10-20/h2,4-5,9-10,13-16,23H,3,6-8,11-12,17-18H2,1H3. The lowest BCUT2D eigenvalue weighted by Crippen LogP contribution is -2.35. The summed E-state index contributed by atoms with van der Waals surface area (Å²) in [5.41, 5.74) is 6.32. The molecule has 0 spiro atoms. The van der Waals surface area contributed by atoms with Gasteiger partial charge in [0.25, 0.3) is 0 Å². The van der Waals surface area contributed by atoms with Crippen LogP contribution >= 0.6 is 0 Å². The van der Waals surface area contributed by atoms with E-state index in [1.54, 1.807) is 7.11 Å². The molecule has 150 valence electrons. The van der Waals surface area contributed by atoms with Crippen molar-refractivity contribution in [2.45, 2.75) is 44.6 Å². The van der Waals surface area contributed by atoms with Crippen LogP contribution in [0.25, 0.3) is 16.9 Å². The van der Waals surface area contributed by atoms with Gasteiger partial charge >= 0.3 is 0 Å². The van der Waals surface area contributed by atoms with Gasteiger partial charge in [-0.25, -0.2) is 4.68 Å². The second-order valence-electron chi connectivity index (χ2n) is 8.19. The molecule has 2 heterocycles. The summed E-state index contributed by atoms with van der Waals surface area (Å²) >= 11 is 0. The van der Waals surface area contributed by atoms with Gasteiger partial charge in [-0.15, -0.1) is 0 Å². The average molecular weight is 388 g/mol. The highest BCUT2D eigenvalue weighted by Crippen LogP contribution is 2.41. The topological polar surface area (TPSA) is 30.3 Å². The van der Waals surface area contributed by atoms with Gasteiger partial charge in [-0.2, -0.15) is 5.10 Å². The quantitative estimate of drug-likeness (QED) is 0.599. The largest absolute Gasteiger partial charge is 0.497 e. The first-order chi connectivity index (χ1) is 14.3. The van der Waals surface area contributed by atoms with Gasteiger partial charge in [-0.3, -0.25) is 4.90 Å². The Balaban J connectivity index is 1.65. The smallest absolute Gasteiger partial charge is 0.118 e. The molecule has 2 aliphatic rings. The summed E-state index contributed by atoms with van der Waals surface area (Å²) in [6.07, 6.45) is 7.56. The Morgan fingerprint density at radius 2 is 1.66 bits per heavy atom. The lowest BCUT2D eigenvalue weighted by Gasteiger charge is -2.36. The van der Waals surface area contributed by atoms with E-state index in [0.717, 1.165) is 17.9 Å². The Bertz CT molecular complexity index is 956. The molecule has 4 heteroatoms. The predicted octanol–water partition coefficient (Wildman–Crippen LogP) is 5.41. The van der Waals surface area contributed by atoms with Gasteiger partial charge < -0.3 is 4.74 Å². The highest BCUT2D eigenvalue weighted by atomic mass is 16.5. The van der Waals surface area contributed by atoms with E-state index in [2.05, 4.69) is 64.2 Å². The molecule has 0 bridgehead atoms. The van der Waals surface area contributed by atoms with E-state index in [4.69, 9.17) is 9.84 Å². The van der Waals surface area contributed by atoms with E-state index in [1.165, 1.54) is 67.7 Å². The molecule has 1 atom stereocenters. The van der Waals surface area contributed by atoms with Crippen molar-refractivity contribution in [3.8, 4) is 22.7 Å². The summed E-state index contributed by atoms with van der Waals surface area (Å²) in [6.45, 7) is 2.42. The first-order valence-electron chi connectivity index (χ1n) is 10.9. The predicted molar refractivity (Wildman–Crippen MR) is 117 cm³/mol. The number of hydrogen-bond acceptors (Lipinski definition) is 3. The SMILES string of the molecule is COc1ccc(-c2c3c(nn2-c2ccccc2)C(N2CCCCC2)CCC3)cc1. The average Bonchev–Trinajstić information content (AvgIpc) is 3.20. The van der Waals surface area contributed by atoms with Gasteiger partial charge in [0, 0.05) is 11.1 Å². The van der Waals surface area contributed by atoms with Crippen molar-refractivity contribution >= 4 is 0 Å². The van der Waals surface area contributed by atoms with Gasteiger partial charge in [0.1, 0.15) is 5.75 Å². The number of para-hydroxylation sites is 1. The van der Waals surface area contributed by atoms with E-state index in [1.807, 2.05) is 0 Å². The fraction of sp³-hybridized carbons (Fsp3) is 0.400. The van der Waals surface area contributed by atoms with Crippen LogP contribution in [0.5, 0.6) is 5.75 Å². The van der Waals surface area contributed by atoms with Crippen molar-refractivity contribution in [1.29, 1.82) is 0 Å². The molecular formula is C25H29N3O. The third kappa shape index (κ3) is 3.46. The summed E-state index contributed by atoms with van der Waals surface area (Å²) in [5.74, 6) is 0.889. The first-order valence-corrected chi connectivity index (χ1v) is 10.9. The molecule has 3 aromatic rings. The van der Waals surface area contributed by atoms with Crippen molar-refractivity contribution in [3.05, 3.63) is 65.9 Å². The molecule has 4 nitrogen and oxygen atoms in total. The molecule has 0 amide bonds. The number of aromatic nitrogens is 2. The molecule has 1 aliphatic carbocycles. The number of piperidine rings is 1. The third-order valence-corrected chi connectivity index (χ3v) is 6.43. The van der Waals surface area contributed by atoms with Crippen LogP contribution < -0.4 is 4.74 Å². The van der Waals surface area contributed by atoms with Crippen LogP contribution in [-0.4, -0.2) is 34.9 Å². The van der Waals surface area contributed by atoms with Gasteiger partial charge in [0.15, 0.2) is 0 Å². The zero-order chi connectivity index (χ0) is 19.6. The molecule has 5 rings (SSSR count). The fourth-order valence-corrected chi connectivity index (χ4v) is 4.98. The van der Waals surface area contributed by atoms with Crippen molar-refractivity contribution in [3.63, 3.8) is 0 Å². The summed E-state index contributed by atoms with van der Waals surface area (Å²) in [4.78, 5) is 2.68. The number of rotatable bonds is 4. The second-order valence-corrected chi connectivity index (χ2v) is 8.19. The number of methoxy groups -OCH3 is 1. The van der Waals surface area contributed by atoms with Gasteiger partial charge in [-0.1, -0.05) is 24.6 Å². The van der Waals surface area contributed by atoms with Crippen LogP contribution in [0.1, 0.15) is 49.4 Å². The molecule has 1 aromatic heterocycles. The third-order valence-electron chi connectivity index (χ3n) is 6.43. The molecule has 1 aliphatic heterocycles. The summed E-state index contributed by atoms with van der Waals surface area (Å²) < 4.78 is 7.56. The zero-order valence-corrected chi connectivity index (χ0v) is 17.2. The molecular weight excluding hydrogens is 358 g/mol. The van der Waals surface area contributed by atoms with Crippen molar-refractivity contribution < 1.29 is 4.74 Å². The van der Waals surface area contributed by atoms with E-state index in [-0.39, 0.29) is 0 Å². The zero-order valence-electron chi connectivity index (χ0n) is 17.2. The van der Waals surface area contributed by atoms with Crippen LogP contribution in [0.3, 0.4) is 0 Å². The molecule has 0 saturated carbocycles. The van der Waals surface area contributed by atoms with Crippen LogP contribution in [-0.2, 0) is 6.42 Å². The number of nitrogens with zero attached hydrogens (tertiary/aromatic N) is 3. The summed E-state index contributed by atoms with van der Waals surface area (Å²) in [6, 6.07) is 19.5. The highest BCUT2D eigenvalue weighted by Gasteiger charge is 2.33. The monoisotopic (exact) mass is 387 g/mol.